The van der Waals surface area contributed by atoms with Gasteiger partial charge in [-0.25, -0.2) is 21.4 Å². The molecule has 304 valence electrons. The SMILES string of the molecule is COC1=CC(=[N+](C)CCCC(=O)O)C=C(OC)C1=C(c1c(OC)cc(N(C)CCS(=O)(=O)[O-])cc1OC)c1c(OC)cc(N(C)CCS(=O)(=O)[O-])cc1OC. The number of rotatable bonds is 20. The van der Waals surface area contributed by atoms with Gasteiger partial charge in [0, 0.05) is 74.8 Å². The molecule has 0 aromatic heterocycles. The van der Waals surface area contributed by atoms with Gasteiger partial charge in [0.05, 0.1) is 110 Å². The Morgan fingerprint density at radius 1 is 0.691 bits per heavy atom. The number of aliphatic carboxylic acids is 1. The molecule has 0 bridgehead atoms. The molecule has 17 nitrogen and oxygen atoms in total. The summed E-state index contributed by atoms with van der Waals surface area (Å²) in [7, 11) is 4.67. The molecule has 1 aliphatic rings. The van der Waals surface area contributed by atoms with Crippen LogP contribution in [0.3, 0.4) is 0 Å². The van der Waals surface area contributed by atoms with Gasteiger partial charge >= 0.3 is 5.97 Å². The predicted molar refractivity (Wildman–Crippen MR) is 204 cm³/mol. The number of anilines is 2. The van der Waals surface area contributed by atoms with E-state index < -0.39 is 37.7 Å². The lowest BCUT2D eigenvalue weighted by molar-refractivity contribution is -0.496. The van der Waals surface area contributed by atoms with Crippen LogP contribution in [0.1, 0.15) is 24.0 Å². The minimum atomic E-state index is -4.51. The molecule has 0 spiro atoms. The van der Waals surface area contributed by atoms with Crippen LogP contribution >= 0.6 is 0 Å². The first-order chi connectivity index (χ1) is 25.8. The Morgan fingerprint density at radius 3 is 1.35 bits per heavy atom. The smallest absolute Gasteiger partial charge is 0.303 e. The summed E-state index contributed by atoms with van der Waals surface area (Å²) < 4.78 is 106. The molecule has 0 fully saturated rings. The molecule has 2 aromatic rings. The molecule has 19 heteroatoms. The Labute approximate surface area is 322 Å². The maximum Gasteiger partial charge on any atom is 0.303 e. The number of methoxy groups -OCH3 is 6. The molecule has 3 rings (SSSR count). The zero-order valence-corrected chi connectivity index (χ0v) is 34.0. The van der Waals surface area contributed by atoms with E-state index in [0.717, 1.165) is 0 Å². The van der Waals surface area contributed by atoms with Gasteiger partial charge in [0.15, 0.2) is 0 Å². The Bertz CT molecular complexity index is 1910. The molecule has 0 saturated heterocycles. The number of ether oxygens (including phenoxy) is 6. The van der Waals surface area contributed by atoms with Crippen molar-refractivity contribution in [1.29, 1.82) is 0 Å². The summed E-state index contributed by atoms with van der Waals surface area (Å²) in [5.74, 6) is -0.611. The lowest BCUT2D eigenvalue weighted by atomic mass is 9.86. The highest BCUT2D eigenvalue weighted by Gasteiger charge is 2.34. The van der Waals surface area contributed by atoms with Crippen molar-refractivity contribution in [2.45, 2.75) is 12.8 Å². The van der Waals surface area contributed by atoms with Crippen LogP contribution in [-0.4, -0.2) is 142 Å². The fourth-order valence-corrected chi connectivity index (χ4v) is 6.82. The Morgan fingerprint density at radius 2 is 1.05 bits per heavy atom. The largest absolute Gasteiger partial charge is 0.748 e. The van der Waals surface area contributed by atoms with Gasteiger partial charge in [-0.2, -0.15) is 0 Å². The summed E-state index contributed by atoms with van der Waals surface area (Å²) in [6.45, 7) is 0.159. The molecule has 1 aliphatic carbocycles. The average molecular weight is 811 g/mol. The normalized spacial score (nSPS) is 13.0. The summed E-state index contributed by atoms with van der Waals surface area (Å²) in [4.78, 5) is 14.3. The van der Waals surface area contributed by atoms with E-state index in [0.29, 0.717) is 63.8 Å². The third kappa shape index (κ3) is 11.5. The first-order valence-electron chi connectivity index (χ1n) is 16.7. The molecule has 0 radical (unpaired) electrons. The van der Waals surface area contributed by atoms with Crippen LogP contribution in [0.2, 0.25) is 0 Å². The summed E-state index contributed by atoms with van der Waals surface area (Å²) in [6.07, 6.45) is 3.87. The van der Waals surface area contributed by atoms with E-state index >= 15 is 0 Å². The monoisotopic (exact) mass is 810 g/mol. The van der Waals surface area contributed by atoms with E-state index in [1.165, 1.54) is 42.7 Å². The molecular formula is C36H48N3O14S2-. The van der Waals surface area contributed by atoms with Crippen molar-refractivity contribution in [3.05, 3.63) is 64.6 Å². The highest BCUT2D eigenvalue weighted by molar-refractivity contribution is 7.85. The van der Waals surface area contributed by atoms with Gasteiger partial charge in [-0.05, 0) is 0 Å². The average Bonchev–Trinajstić information content (AvgIpc) is 3.14. The fraction of sp³-hybridized carbons (Fsp3) is 0.444. The Kier molecular flexibility index (Phi) is 15.4. The number of allylic oxidation sites excluding steroid dienone is 2. The second kappa shape index (κ2) is 19.1. The minimum Gasteiger partial charge on any atom is -0.748 e. The molecule has 0 aliphatic heterocycles. The van der Waals surface area contributed by atoms with E-state index in [-0.39, 0.29) is 42.5 Å². The highest BCUT2D eigenvalue weighted by Crippen LogP contribution is 2.51. The molecule has 0 saturated carbocycles. The van der Waals surface area contributed by atoms with Crippen LogP contribution in [0, 0.1) is 0 Å². The molecule has 1 N–H and O–H groups in total. The third-order valence-electron chi connectivity index (χ3n) is 8.78. The standard InChI is InChI=1S/C36H49N3O14S2/c1-37(12-10-11-32(40)41)23-17-26(48-4)33(27(18-23)49-5)36(34-28(50-6)19-24(20-29(34)51-7)38(2)13-15-54(42,43)44)35-30(52-8)21-25(22-31(35)53-9)39(3)14-16-55(45,46)47/h17-22H,10-16H2,1-9H3,(H2-,40,41,42,43,44,45,46,47)/p-1. The predicted octanol–water partition coefficient (Wildman–Crippen LogP) is 2.51. The summed E-state index contributed by atoms with van der Waals surface area (Å²) in [6, 6.07) is 6.57. The van der Waals surface area contributed by atoms with Crippen molar-refractivity contribution < 1.29 is 68.8 Å². The van der Waals surface area contributed by atoms with Crippen LogP contribution in [0.5, 0.6) is 23.0 Å². The second-order valence-corrected chi connectivity index (χ2v) is 15.4. The maximum atomic E-state index is 11.5. The summed E-state index contributed by atoms with van der Waals surface area (Å²) in [5.41, 5.74) is 3.03. The lowest BCUT2D eigenvalue weighted by Crippen LogP contribution is -2.25. The quantitative estimate of drug-likeness (QED) is 0.150. The van der Waals surface area contributed by atoms with Crippen molar-refractivity contribution in [3.8, 4) is 23.0 Å². The van der Waals surface area contributed by atoms with Gasteiger partial charge in [-0.1, -0.05) is 0 Å². The number of hydrogen-bond acceptors (Lipinski definition) is 15. The van der Waals surface area contributed by atoms with Gasteiger partial charge in [0.2, 0.25) is 5.71 Å². The summed E-state index contributed by atoms with van der Waals surface area (Å²) >= 11 is 0. The lowest BCUT2D eigenvalue weighted by Gasteiger charge is -2.29. The van der Waals surface area contributed by atoms with Gasteiger partial charge in [0.25, 0.3) is 0 Å². The molecule has 0 atom stereocenters. The van der Waals surface area contributed by atoms with Crippen molar-refractivity contribution >= 4 is 48.9 Å². The molecule has 2 aromatic carbocycles. The first-order valence-corrected chi connectivity index (χ1v) is 19.9. The maximum absolute atomic E-state index is 11.5. The van der Waals surface area contributed by atoms with Crippen LogP contribution < -0.4 is 28.7 Å². The number of benzene rings is 2. The molecule has 55 heavy (non-hydrogen) atoms. The van der Waals surface area contributed by atoms with Crippen LogP contribution in [0.15, 0.2) is 53.5 Å². The van der Waals surface area contributed by atoms with Crippen LogP contribution in [0.4, 0.5) is 11.4 Å². The number of nitrogens with zero attached hydrogens (tertiary/aromatic N) is 3. The number of carboxylic acid groups (broad SMARTS) is 1. The van der Waals surface area contributed by atoms with Gasteiger partial charge < -0.3 is 52.4 Å². The number of carboxylic acids is 1. The molecule has 0 unspecified atom stereocenters. The topological polar surface area (TPSA) is 217 Å². The number of hydrogen-bond donors (Lipinski definition) is 1. The zero-order valence-electron chi connectivity index (χ0n) is 32.3. The van der Waals surface area contributed by atoms with Crippen LogP contribution in [-0.2, 0) is 34.5 Å². The minimum absolute atomic E-state index is 0.0242. The van der Waals surface area contributed by atoms with E-state index in [4.69, 9.17) is 28.4 Å². The second-order valence-electron chi connectivity index (χ2n) is 12.3. The highest BCUT2D eigenvalue weighted by atomic mass is 32.2. The Hall–Kier alpha value is -4.98. The van der Waals surface area contributed by atoms with Crippen LogP contribution in [0.25, 0.3) is 5.57 Å². The third-order valence-corrected chi connectivity index (χ3v) is 10.1. The van der Waals surface area contributed by atoms with Gasteiger partial charge in [-0.3, -0.25) is 4.79 Å². The molecule has 0 heterocycles. The molecular weight excluding hydrogens is 763 g/mol. The van der Waals surface area contributed by atoms with Gasteiger partial charge in [-0.15, -0.1) is 0 Å². The molecule has 0 amide bonds. The zero-order chi connectivity index (χ0) is 41.2. The number of carbonyl (C=O) groups is 1. The van der Waals surface area contributed by atoms with Crippen molar-refractivity contribution in [3.63, 3.8) is 0 Å². The summed E-state index contributed by atoms with van der Waals surface area (Å²) in [5, 5.41) is 9.18. The van der Waals surface area contributed by atoms with E-state index in [1.54, 1.807) is 67.4 Å². The Balaban J connectivity index is 2.54. The van der Waals surface area contributed by atoms with E-state index in [2.05, 4.69) is 0 Å². The fourth-order valence-electron chi connectivity index (χ4n) is 5.82. The van der Waals surface area contributed by atoms with E-state index in [9.17, 15) is 35.8 Å². The van der Waals surface area contributed by atoms with E-state index in [1.807, 2.05) is 4.58 Å². The van der Waals surface area contributed by atoms with Crippen molar-refractivity contribution in [2.75, 3.05) is 105 Å². The van der Waals surface area contributed by atoms with Crippen molar-refractivity contribution in [1.82, 2.24) is 0 Å². The first kappa shape index (κ1) is 44.4. The van der Waals surface area contributed by atoms with Crippen molar-refractivity contribution in [2.24, 2.45) is 0 Å². The van der Waals surface area contributed by atoms with Gasteiger partial charge in [0.1, 0.15) is 48.1 Å².